The van der Waals surface area contributed by atoms with Crippen molar-refractivity contribution < 1.29 is 18.9 Å². The summed E-state index contributed by atoms with van der Waals surface area (Å²) in [4.78, 5) is 24.2. The van der Waals surface area contributed by atoms with Crippen molar-refractivity contribution in [3.05, 3.63) is 101 Å². The summed E-state index contributed by atoms with van der Waals surface area (Å²) < 4.78 is 15.7. The highest BCUT2D eigenvalue weighted by Crippen LogP contribution is 2.31. The van der Waals surface area contributed by atoms with Crippen LogP contribution in [0.5, 0.6) is 0 Å². The molecule has 6 nitrogen and oxygen atoms in total. The van der Waals surface area contributed by atoms with E-state index in [1.165, 1.54) is 16.4 Å². The van der Waals surface area contributed by atoms with Gasteiger partial charge in [-0.15, -0.1) is 0 Å². The van der Waals surface area contributed by atoms with E-state index >= 15 is 0 Å². The molecule has 4 rings (SSSR count). The first-order valence-electron chi connectivity index (χ1n) is 9.91. The fourth-order valence-corrected chi connectivity index (χ4v) is 4.51. The number of carbonyl (C=O) groups is 2. The van der Waals surface area contributed by atoms with Crippen molar-refractivity contribution in [1.29, 1.82) is 0 Å². The predicted molar refractivity (Wildman–Crippen MR) is 123 cm³/mol. The fourth-order valence-electron chi connectivity index (χ4n) is 3.39. The van der Waals surface area contributed by atoms with Crippen LogP contribution in [0.15, 0.2) is 72.8 Å². The molecule has 1 atom stereocenters. The maximum absolute atomic E-state index is 13.2. The Morgan fingerprint density at radius 2 is 1.72 bits per heavy atom. The molecule has 1 unspecified atom stereocenters. The molecule has 3 aromatic carbocycles. The first-order chi connectivity index (χ1) is 15.4. The molecule has 0 fully saturated rings. The number of carboxylic acid groups (broad SMARTS) is 1. The van der Waals surface area contributed by atoms with Crippen molar-refractivity contribution in [3.63, 3.8) is 0 Å². The lowest BCUT2D eigenvalue weighted by Gasteiger charge is -2.33. The van der Waals surface area contributed by atoms with Gasteiger partial charge in [-0.1, -0.05) is 54.3 Å². The van der Waals surface area contributed by atoms with E-state index in [-0.39, 0.29) is 18.0 Å². The number of rotatable bonds is 4. The number of benzene rings is 3. The number of carboxylic acids is 1. The second kappa shape index (κ2) is 9.08. The van der Waals surface area contributed by atoms with E-state index in [1.807, 2.05) is 36.4 Å². The Morgan fingerprint density at radius 1 is 1.00 bits per heavy atom. The second-order valence-electron chi connectivity index (χ2n) is 7.27. The molecular weight excluding hydrogens is 424 g/mol. The largest absolute Gasteiger partial charge is 0.478 e. The molecule has 1 aliphatic rings. The van der Waals surface area contributed by atoms with Crippen molar-refractivity contribution in [2.45, 2.75) is 13.0 Å². The summed E-state index contributed by atoms with van der Waals surface area (Å²) in [5, 5.41) is 9.05. The Hall–Kier alpha value is -3.89. The van der Waals surface area contributed by atoms with Crippen LogP contribution in [0.3, 0.4) is 0 Å². The number of nitrogens with zero attached hydrogens (tertiary/aromatic N) is 2. The number of fused-ring (bicyclic) bond motifs is 1. The number of hydrogen-bond donors (Lipinski definition) is 1. The normalized spacial score (nSPS) is 15.0. The van der Waals surface area contributed by atoms with Crippen molar-refractivity contribution >= 4 is 28.7 Å². The number of anilines is 1. The van der Waals surface area contributed by atoms with Gasteiger partial charge in [-0.2, -0.15) is 0 Å². The molecule has 7 heteroatoms. The Bertz CT molecular complexity index is 1260. The van der Waals surface area contributed by atoms with Gasteiger partial charge in [0.15, 0.2) is 0 Å². The summed E-state index contributed by atoms with van der Waals surface area (Å²) in [5.74, 6) is 4.85. The van der Waals surface area contributed by atoms with E-state index < -0.39 is 17.1 Å². The monoisotopic (exact) mass is 444 g/mol. The summed E-state index contributed by atoms with van der Waals surface area (Å²) >= 11 is -1.70. The highest BCUT2D eigenvalue weighted by molar-refractivity contribution is 7.84. The van der Waals surface area contributed by atoms with Crippen LogP contribution in [0.25, 0.3) is 0 Å². The van der Waals surface area contributed by atoms with Gasteiger partial charge in [0.2, 0.25) is 11.2 Å². The molecular formula is C25H20N2O4S. The number of amides is 1. The summed E-state index contributed by atoms with van der Waals surface area (Å²) in [6, 6.07) is 21.4. The van der Waals surface area contributed by atoms with E-state index in [1.54, 1.807) is 35.6 Å². The lowest BCUT2D eigenvalue weighted by atomic mass is 10.1. The molecule has 0 aliphatic carbocycles. The minimum atomic E-state index is -1.70. The van der Waals surface area contributed by atoms with E-state index in [2.05, 4.69) is 11.8 Å². The van der Waals surface area contributed by atoms with Crippen LogP contribution in [-0.4, -0.2) is 32.5 Å². The minimum Gasteiger partial charge on any atom is -0.478 e. The molecule has 160 valence electrons. The Labute approximate surface area is 188 Å². The van der Waals surface area contributed by atoms with Gasteiger partial charge in [0.05, 0.1) is 23.4 Å². The van der Waals surface area contributed by atoms with Crippen LogP contribution < -0.4 is 4.31 Å². The van der Waals surface area contributed by atoms with Crippen LogP contribution in [0.4, 0.5) is 5.69 Å². The Kier molecular flexibility index (Phi) is 6.06. The zero-order valence-corrected chi connectivity index (χ0v) is 18.1. The van der Waals surface area contributed by atoms with Crippen LogP contribution in [0, 0.1) is 11.8 Å². The third-order valence-corrected chi connectivity index (χ3v) is 6.45. The van der Waals surface area contributed by atoms with Crippen LogP contribution >= 0.6 is 0 Å². The molecule has 0 saturated heterocycles. The third kappa shape index (κ3) is 4.41. The van der Waals surface area contributed by atoms with Gasteiger partial charge in [0.1, 0.15) is 0 Å². The zero-order valence-electron chi connectivity index (χ0n) is 17.3. The van der Waals surface area contributed by atoms with Crippen molar-refractivity contribution in [2.24, 2.45) is 0 Å². The highest BCUT2D eigenvalue weighted by atomic mass is 32.2. The van der Waals surface area contributed by atoms with E-state index in [0.717, 1.165) is 5.56 Å². The van der Waals surface area contributed by atoms with Gasteiger partial charge in [0.25, 0.3) is 5.91 Å². The second-order valence-corrected chi connectivity index (χ2v) is 8.72. The number of aromatic carboxylic acids is 1. The van der Waals surface area contributed by atoms with Gasteiger partial charge in [-0.3, -0.25) is 9.10 Å². The molecule has 0 aromatic heterocycles. The maximum atomic E-state index is 13.2. The van der Waals surface area contributed by atoms with E-state index in [0.29, 0.717) is 28.8 Å². The summed E-state index contributed by atoms with van der Waals surface area (Å²) in [6.07, 6.45) is 0.605. The SMILES string of the molecule is CN1c2ccc(C#CCc3ccccc3)cc2C(=O)N(Cc2ccc(C(=O)O)cc2)S1=O. The molecule has 0 radical (unpaired) electrons. The topological polar surface area (TPSA) is 77.9 Å². The van der Waals surface area contributed by atoms with Crippen molar-refractivity contribution in [1.82, 2.24) is 4.31 Å². The molecule has 32 heavy (non-hydrogen) atoms. The van der Waals surface area contributed by atoms with Gasteiger partial charge in [-0.05, 0) is 41.5 Å². The zero-order chi connectivity index (χ0) is 22.7. The Morgan fingerprint density at radius 3 is 2.41 bits per heavy atom. The van der Waals surface area contributed by atoms with Gasteiger partial charge >= 0.3 is 5.97 Å². The molecule has 1 heterocycles. The molecule has 0 spiro atoms. The summed E-state index contributed by atoms with van der Waals surface area (Å²) in [7, 11) is 1.67. The van der Waals surface area contributed by atoms with Crippen LogP contribution in [0.2, 0.25) is 0 Å². The minimum absolute atomic E-state index is 0.0963. The van der Waals surface area contributed by atoms with Gasteiger partial charge in [0, 0.05) is 19.0 Å². The first-order valence-corrected chi connectivity index (χ1v) is 11.0. The predicted octanol–water partition coefficient (Wildman–Crippen LogP) is 3.65. The van der Waals surface area contributed by atoms with Crippen LogP contribution in [0.1, 0.15) is 37.4 Å². The quantitative estimate of drug-likeness (QED) is 0.623. The van der Waals surface area contributed by atoms with Crippen molar-refractivity contribution in [3.8, 4) is 11.8 Å². The number of hydrogen-bond acceptors (Lipinski definition) is 3. The molecule has 1 aliphatic heterocycles. The van der Waals surface area contributed by atoms with Gasteiger partial charge < -0.3 is 5.11 Å². The lowest BCUT2D eigenvalue weighted by molar-refractivity contribution is 0.0696. The number of carbonyl (C=O) groups excluding carboxylic acids is 1. The first kappa shape index (κ1) is 21.3. The molecule has 0 bridgehead atoms. The smallest absolute Gasteiger partial charge is 0.335 e. The average molecular weight is 445 g/mol. The molecule has 1 N–H and O–H groups in total. The summed E-state index contributed by atoms with van der Waals surface area (Å²) in [5.41, 5.74) is 3.68. The fraction of sp³-hybridized carbons (Fsp3) is 0.120. The average Bonchev–Trinajstić information content (AvgIpc) is 2.81. The molecule has 1 amide bonds. The highest BCUT2D eigenvalue weighted by Gasteiger charge is 2.34. The van der Waals surface area contributed by atoms with Crippen molar-refractivity contribution in [2.75, 3.05) is 11.4 Å². The Balaban J connectivity index is 1.57. The molecule has 0 saturated carbocycles. The third-order valence-electron chi connectivity index (χ3n) is 5.11. The standard InChI is InChI=1S/C25H20N2O4S/c1-26-23-15-12-19(9-5-8-18-6-3-2-4-7-18)16-22(23)24(28)27(32(26)31)17-20-10-13-21(14-11-20)25(29)30/h2-4,6-7,10-16H,8,17H2,1H3,(H,29,30). The van der Waals surface area contributed by atoms with E-state index in [9.17, 15) is 13.8 Å². The van der Waals surface area contributed by atoms with Gasteiger partial charge in [-0.25, -0.2) is 13.3 Å². The van der Waals surface area contributed by atoms with E-state index in [4.69, 9.17) is 5.11 Å². The molecule has 3 aromatic rings. The summed E-state index contributed by atoms with van der Waals surface area (Å²) in [6.45, 7) is 0.0963. The maximum Gasteiger partial charge on any atom is 0.335 e. The van der Waals surface area contributed by atoms with Crippen LogP contribution in [-0.2, 0) is 24.1 Å². The lowest BCUT2D eigenvalue weighted by Crippen LogP contribution is -2.45.